The van der Waals surface area contributed by atoms with Crippen LogP contribution in [0.5, 0.6) is 0 Å². The highest BCUT2D eigenvalue weighted by Gasteiger charge is 2.36. The lowest BCUT2D eigenvalue weighted by Gasteiger charge is -2.36. The van der Waals surface area contributed by atoms with Gasteiger partial charge in [0.2, 0.25) is 0 Å². The minimum Gasteiger partial charge on any atom is -0.371 e. The number of hydrogen-bond acceptors (Lipinski definition) is 6. The molecule has 0 amide bonds. The molecule has 0 aliphatic carbocycles. The second-order valence-corrected chi connectivity index (χ2v) is 7.28. The number of nitrogens with zero attached hydrogens (tertiary/aromatic N) is 4. The highest BCUT2D eigenvalue weighted by Crippen LogP contribution is 2.25. The lowest BCUT2D eigenvalue weighted by Crippen LogP contribution is -2.49. The standard InChI is InChI=1S/C17H22N4OS/c1-2-4-18-14(3-1)13-22-16-9-15-10-20(6-7-21(15)11-16)12-17-19-5-8-23-17/h1-5,8,15-16H,6-7,9-13H2. The van der Waals surface area contributed by atoms with Crippen molar-refractivity contribution in [3.8, 4) is 0 Å². The molecule has 4 rings (SSSR count). The summed E-state index contributed by atoms with van der Waals surface area (Å²) in [6.45, 7) is 6.06. The summed E-state index contributed by atoms with van der Waals surface area (Å²) < 4.78 is 6.09. The Morgan fingerprint density at radius 1 is 1.17 bits per heavy atom. The predicted octanol–water partition coefficient (Wildman–Crippen LogP) is 2.01. The van der Waals surface area contributed by atoms with E-state index < -0.39 is 0 Å². The minimum atomic E-state index is 0.335. The molecule has 0 N–H and O–H groups in total. The Balaban J connectivity index is 1.27. The molecule has 0 saturated carbocycles. The van der Waals surface area contributed by atoms with Gasteiger partial charge in [-0.25, -0.2) is 4.98 Å². The van der Waals surface area contributed by atoms with Crippen LogP contribution in [0, 0.1) is 0 Å². The van der Waals surface area contributed by atoms with Crippen molar-refractivity contribution in [3.05, 3.63) is 46.7 Å². The van der Waals surface area contributed by atoms with Crippen LogP contribution < -0.4 is 0 Å². The quantitative estimate of drug-likeness (QED) is 0.839. The molecule has 2 atom stereocenters. The summed E-state index contributed by atoms with van der Waals surface area (Å²) in [6.07, 6.45) is 5.18. The predicted molar refractivity (Wildman–Crippen MR) is 90.2 cm³/mol. The number of hydrogen-bond donors (Lipinski definition) is 0. The van der Waals surface area contributed by atoms with Gasteiger partial charge < -0.3 is 4.74 Å². The summed E-state index contributed by atoms with van der Waals surface area (Å²) in [7, 11) is 0. The highest BCUT2D eigenvalue weighted by atomic mass is 32.1. The van der Waals surface area contributed by atoms with Gasteiger partial charge in [0.15, 0.2) is 0 Å². The van der Waals surface area contributed by atoms with E-state index in [0.29, 0.717) is 18.8 Å². The number of piperazine rings is 1. The maximum atomic E-state index is 6.09. The van der Waals surface area contributed by atoms with Crippen LogP contribution in [-0.4, -0.2) is 58.1 Å². The van der Waals surface area contributed by atoms with Crippen molar-refractivity contribution in [3.63, 3.8) is 0 Å². The number of ether oxygens (including phenoxy) is 1. The Morgan fingerprint density at radius 2 is 2.17 bits per heavy atom. The first-order chi connectivity index (χ1) is 11.4. The van der Waals surface area contributed by atoms with Gasteiger partial charge in [0.25, 0.3) is 0 Å². The zero-order valence-electron chi connectivity index (χ0n) is 13.2. The summed E-state index contributed by atoms with van der Waals surface area (Å²) in [5, 5.41) is 3.28. The lowest BCUT2D eigenvalue weighted by atomic mass is 10.1. The second kappa shape index (κ2) is 7.05. The van der Waals surface area contributed by atoms with Gasteiger partial charge in [-0.1, -0.05) is 6.07 Å². The van der Waals surface area contributed by atoms with Crippen molar-refractivity contribution < 1.29 is 4.74 Å². The van der Waals surface area contributed by atoms with Crippen LogP contribution in [0.3, 0.4) is 0 Å². The molecular weight excluding hydrogens is 308 g/mol. The van der Waals surface area contributed by atoms with Crippen LogP contribution in [0.2, 0.25) is 0 Å². The summed E-state index contributed by atoms with van der Waals surface area (Å²) in [5.41, 5.74) is 1.02. The van der Waals surface area contributed by atoms with Gasteiger partial charge >= 0.3 is 0 Å². The van der Waals surface area contributed by atoms with E-state index in [-0.39, 0.29) is 0 Å². The maximum Gasteiger partial charge on any atom is 0.107 e. The summed E-state index contributed by atoms with van der Waals surface area (Å²) in [5.74, 6) is 0. The number of aromatic nitrogens is 2. The number of pyridine rings is 1. The molecule has 2 unspecified atom stereocenters. The van der Waals surface area contributed by atoms with Gasteiger partial charge in [0.1, 0.15) is 5.01 Å². The van der Waals surface area contributed by atoms with Gasteiger partial charge in [-0.3, -0.25) is 14.8 Å². The second-order valence-electron chi connectivity index (χ2n) is 6.30. The third-order valence-corrected chi connectivity index (χ3v) is 5.46. The normalized spacial score (nSPS) is 25.6. The molecule has 2 saturated heterocycles. The SMILES string of the molecule is c1ccc(COC2CC3CN(Cc4nccs4)CCN3C2)nc1. The fraction of sp³-hybridized carbons (Fsp3) is 0.529. The van der Waals surface area contributed by atoms with E-state index in [4.69, 9.17) is 4.74 Å². The van der Waals surface area contributed by atoms with Crippen molar-refractivity contribution in [1.82, 2.24) is 19.8 Å². The van der Waals surface area contributed by atoms with E-state index in [1.165, 1.54) is 5.01 Å². The van der Waals surface area contributed by atoms with E-state index in [1.807, 2.05) is 30.6 Å². The molecule has 5 nitrogen and oxygen atoms in total. The molecule has 122 valence electrons. The van der Waals surface area contributed by atoms with E-state index in [0.717, 1.165) is 44.8 Å². The average molecular weight is 330 g/mol. The molecule has 2 fully saturated rings. The fourth-order valence-electron chi connectivity index (χ4n) is 3.53. The van der Waals surface area contributed by atoms with Crippen LogP contribution in [0.15, 0.2) is 36.0 Å². The van der Waals surface area contributed by atoms with Gasteiger partial charge in [-0.2, -0.15) is 0 Å². The first kappa shape index (κ1) is 15.2. The van der Waals surface area contributed by atoms with Gasteiger partial charge in [-0.15, -0.1) is 11.3 Å². The van der Waals surface area contributed by atoms with Crippen molar-refractivity contribution in [2.45, 2.75) is 31.7 Å². The number of thiazole rings is 1. The fourth-order valence-corrected chi connectivity index (χ4v) is 4.19. The Labute approximate surface area is 140 Å². The molecule has 23 heavy (non-hydrogen) atoms. The molecule has 2 aromatic rings. The van der Waals surface area contributed by atoms with Crippen LogP contribution >= 0.6 is 11.3 Å². The van der Waals surface area contributed by atoms with Crippen molar-refractivity contribution in [2.75, 3.05) is 26.2 Å². The van der Waals surface area contributed by atoms with Gasteiger partial charge in [0, 0.05) is 50.0 Å². The molecule has 2 aliphatic rings. The van der Waals surface area contributed by atoms with E-state index in [2.05, 4.69) is 25.1 Å². The van der Waals surface area contributed by atoms with Crippen LogP contribution in [-0.2, 0) is 17.9 Å². The molecule has 2 aliphatic heterocycles. The third-order valence-electron chi connectivity index (χ3n) is 4.70. The molecule has 0 radical (unpaired) electrons. The van der Waals surface area contributed by atoms with Crippen molar-refractivity contribution in [2.24, 2.45) is 0 Å². The number of fused-ring (bicyclic) bond motifs is 1. The first-order valence-electron chi connectivity index (χ1n) is 8.23. The molecule has 0 aromatic carbocycles. The molecule has 2 aromatic heterocycles. The largest absolute Gasteiger partial charge is 0.371 e. The molecule has 6 heteroatoms. The van der Waals surface area contributed by atoms with E-state index in [9.17, 15) is 0 Å². The van der Waals surface area contributed by atoms with Gasteiger partial charge in [-0.05, 0) is 18.6 Å². The molecule has 4 heterocycles. The Morgan fingerprint density at radius 3 is 3.00 bits per heavy atom. The van der Waals surface area contributed by atoms with E-state index >= 15 is 0 Å². The zero-order valence-corrected chi connectivity index (χ0v) is 14.0. The number of rotatable bonds is 5. The molecule has 0 spiro atoms. The van der Waals surface area contributed by atoms with Crippen molar-refractivity contribution >= 4 is 11.3 Å². The zero-order chi connectivity index (χ0) is 15.5. The topological polar surface area (TPSA) is 41.5 Å². The van der Waals surface area contributed by atoms with Gasteiger partial charge in [0.05, 0.1) is 24.9 Å². The van der Waals surface area contributed by atoms with E-state index in [1.54, 1.807) is 11.3 Å². The van der Waals surface area contributed by atoms with Crippen LogP contribution in [0.1, 0.15) is 17.1 Å². The molecule has 0 bridgehead atoms. The lowest BCUT2D eigenvalue weighted by molar-refractivity contribution is 0.0440. The third kappa shape index (κ3) is 3.77. The summed E-state index contributed by atoms with van der Waals surface area (Å²) in [4.78, 5) is 13.9. The first-order valence-corrected chi connectivity index (χ1v) is 9.11. The van der Waals surface area contributed by atoms with Crippen LogP contribution in [0.4, 0.5) is 0 Å². The minimum absolute atomic E-state index is 0.335. The Bertz CT molecular complexity index is 606. The summed E-state index contributed by atoms with van der Waals surface area (Å²) >= 11 is 1.75. The molecular formula is C17H22N4OS. The van der Waals surface area contributed by atoms with Crippen molar-refractivity contribution in [1.29, 1.82) is 0 Å². The monoisotopic (exact) mass is 330 g/mol. The highest BCUT2D eigenvalue weighted by molar-refractivity contribution is 7.09. The Hall–Kier alpha value is -1.34. The van der Waals surface area contributed by atoms with Crippen LogP contribution in [0.25, 0.3) is 0 Å². The Kier molecular flexibility index (Phi) is 4.66. The average Bonchev–Trinajstić information content (AvgIpc) is 3.23. The smallest absolute Gasteiger partial charge is 0.107 e. The maximum absolute atomic E-state index is 6.09. The summed E-state index contributed by atoms with van der Waals surface area (Å²) in [6, 6.07) is 6.60.